The van der Waals surface area contributed by atoms with E-state index in [1.807, 2.05) is 0 Å². The van der Waals surface area contributed by atoms with Crippen molar-refractivity contribution in [3.8, 4) is 0 Å². The maximum Gasteiger partial charge on any atom is 0.307 e. The molecule has 1 heterocycles. The minimum absolute atomic E-state index is 0.0464. The van der Waals surface area contributed by atoms with Crippen molar-refractivity contribution < 1.29 is 19.5 Å². The molecule has 2 rings (SSSR count). The largest absolute Gasteiger partial charge is 0.481 e. The lowest BCUT2D eigenvalue weighted by Crippen LogP contribution is -2.24. The van der Waals surface area contributed by atoms with E-state index >= 15 is 0 Å². The zero-order chi connectivity index (χ0) is 13.8. The minimum atomic E-state index is -0.896. The Morgan fingerprint density at radius 1 is 1.32 bits per heavy atom. The molecule has 1 aromatic carbocycles. The van der Waals surface area contributed by atoms with Crippen LogP contribution in [0.15, 0.2) is 24.3 Å². The predicted octanol–water partition coefficient (Wildman–Crippen LogP) is 0.388. The minimum Gasteiger partial charge on any atom is -0.481 e. The number of hydrogen-bond donors (Lipinski definition) is 3. The second kappa shape index (κ2) is 5.51. The Morgan fingerprint density at radius 2 is 2.00 bits per heavy atom. The summed E-state index contributed by atoms with van der Waals surface area (Å²) < 4.78 is 0. The summed E-state index contributed by atoms with van der Waals surface area (Å²) in [5.41, 5.74) is 1.27. The second-order valence-corrected chi connectivity index (χ2v) is 4.46. The molecule has 6 heteroatoms. The third-order valence-corrected chi connectivity index (χ3v) is 2.93. The Kier molecular flexibility index (Phi) is 3.79. The topological polar surface area (TPSA) is 95.5 Å². The number of rotatable bonds is 4. The first-order chi connectivity index (χ1) is 9.04. The van der Waals surface area contributed by atoms with Gasteiger partial charge in [0.2, 0.25) is 11.8 Å². The van der Waals surface area contributed by atoms with E-state index in [-0.39, 0.29) is 30.6 Å². The zero-order valence-electron chi connectivity index (χ0n) is 10.2. The van der Waals surface area contributed by atoms with Gasteiger partial charge in [-0.05, 0) is 17.7 Å². The normalized spacial score (nSPS) is 17.9. The highest BCUT2D eigenvalue weighted by atomic mass is 16.4. The third-order valence-electron chi connectivity index (χ3n) is 2.93. The van der Waals surface area contributed by atoms with E-state index < -0.39 is 5.97 Å². The van der Waals surface area contributed by atoms with Crippen LogP contribution >= 0.6 is 0 Å². The van der Waals surface area contributed by atoms with Gasteiger partial charge in [0.05, 0.1) is 12.3 Å². The molecule has 2 amide bonds. The number of aliphatic carboxylic acids is 1. The lowest BCUT2D eigenvalue weighted by Gasteiger charge is -2.09. The van der Waals surface area contributed by atoms with Crippen LogP contribution in [0.1, 0.15) is 12.0 Å². The molecule has 1 unspecified atom stereocenters. The Bertz CT molecular complexity index is 510. The zero-order valence-corrected chi connectivity index (χ0v) is 10.2. The van der Waals surface area contributed by atoms with Crippen LogP contribution < -0.4 is 10.6 Å². The maximum absolute atomic E-state index is 11.8. The number of nitrogens with one attached hydrogen (secondary N) is 2. The van der Waals surface area contributed by atoms with Gasteiger partial charge >= 0.3 is 5.97 Å². The number of benzene rings is 1. The molecule has 6 nitrogen and oxygen atoms in total. The molecule has 1 aromatic rings. The molecule has 0 bridgehead atoms. The molecule has 0 radical (unpaired) electrons. The van der Waals surface area contributed by atoms with Crippen LogP contribution in [0.2, 0.25) is 0 Å². The van der Waals surface area contributed by atoms with Gasteiger partial charge in [0.25, 0.3) is 0 Å². The third kappa shape index (κ3) is 3.54. The van der Waals surface area contributed by atoms with Crippen molar-refractivity contribution in [3.63, 3.8) is 0 Å². The van der Waals surface area contributed by atoms with Gasteiger partial charge in [-0.15, -0.1) is 0 Å². The van der Waals surface area contributed by atoms with Gasteiger partial charge in [-0.2, -0.15) is 0 Å². The summed E-state index contributed by atoms with van der Waals surface area (Å²) in [4.78, 5) is 33.4. The molecule has 1 saturated heterocycles. The first-order valence-electron chi connectivity index (χ1n) is 5.93. The molecule has 100 valence electrons. The summed E-state index contributed by atoms with van der Waals surface area (Å²) in [7, 11) is 0. The Morgan fingerprint density at radius 3 is 2.53 bits per heavy atom. The SMILES string of the molecule is O=C(O)Cc1ccc(NC(=O)C2CNC(=O)C2)cc1. The highest BCUT2D eigenvalue weighted by molar-refractivity contribution is 5.97. The first-order valence-corrected chi connectivity index (χ1v) is 5.93. The summed E-state index contributed by atoms with van der Waals surface area (Å²) in [6.45, 7) is 0.363. The van der Waals surface area contributed by atoms with E-state index in [9.17, 15) is 14.4 Å². The Labute approximate surface area is 109 Å². The molecule has 1 aliphatic rings. The van der Waals surface area contributed by atoms with Gasteiger partial charge < -0.3 is 15.7 Å². The van der Waals surface area contributed by atoms with E-state index in [4.69, 9.17) is 5.11 Å². The molecule has 0 saturated carbocycles. The predicted molar refractivity (Wildman–Crippen MR) is 67.5 cm³/mol. The fraction of sp³-hybridized carbons (Fsp3) is 0.308. The number of anilines is 1. The van der Waals surface area contributed by atoms with E-state index in [2.05, 4.69) is 10.6 Å². The molecular formula is C13H14N2O4. The fourth-order valence-electron chi connectivity index (χ4n) is 1.92. The van der Waals surface area contributed by atoms with Crippen molar-refractivity contribution in [2.24, 2.45) is 5.92 Å². The Hall–Kier alpha value is -2.37. The van der Waals surface area contributed by atoms with Gasteiger partial charge in [0, 0.05) is 18.7 Å². The van der Waals surface area contributed by atoms with Crippen LogP contribution in [-0.2, 0) is 20.8 Å². The molecule has 1 aliphatic heterocycles. The highest BCUT2D eigenvalue weighted by Crippen LogP contribution is 2.14. The van der Waals surface area contributed by atoms with E-state index in [1.165, 1.54) is 0 Å². The second-order valence-electron chi connectivity index (χ2n) is 4.46. The van der Waals surface area contributed by atoms with Gasteiger partial charge in [-0.3, -0.25) is 14.4 Å². The molecule has 0 spiro atoms. The van der Waals surface area contributed by atoms with Gasteiger partial charge in [-0.1, -0.05) is 12.1 Å². The average Bonchev–Trinajstić information content (AvgIpc) is 2.78. The molecule has 0 aliphatic carbocycles. The van der Waals surface area contributed by atoms with Gasteiger partial charge in [0.15, 0.2) is 0 Å². The van der Waals surface area contributed by atoms with E-state index in [0.717, 1.165) is 0 Å². The lowest BCUT2D eigenvalue weighted by atomic mass is 10.1. The lowest BCUT2D eigenvalue weighted by molar-refractivity contribution is -0.136. The first kappa shape index (κ1) is 13.1. The summed E-state index contributed by atoms with van der Waals surface area (Å²) >= 11 is 0. The highest BCUT2D eigenvalue weighted by Gasteiger charge is 2.27. The van der Waals surface area contributed by atoms with Crippen LogP contribution in [0.3, 0.4) is 0 Å². The number of carboxylic acid groups (broad SMARTS) is 1. The van der Waals surface area contributed by atoms with E-state index in [0.29, 0.717) is 17.8 Å². The summed E-state index contributed by atoms with van der Waals surface area (Å²) in [5, 5.41) is 13.9. The van der Waals surface area contributed by atoms with Crippen LogP contribution in [-0.4, -0.2) is 29.4 Å². The monoisotopic (exact) mass is 262 g/mol. The van der Waals surface area contributed by atoms with Gasteiger partial charge in [0.1, 0.15) is 0 Å². The molecule has 19 heavy (non-hydrogen) atoms. The van der Waals surface area contributed by atoms with Crippen molar-refractivity contribution >= 4 is 23.5 Å². The quantitative estimate of drug-likeness (QED) is 0.731. The number of carboxylic acids is 1. The smallest absolute Gasteiger partial charge is 0.307 e. The van der Waals surface area contributed by atoms with Crippen molar-refractivity contribution in [3.05, 3.63) is 29.8 Å². The summed E-state index contributed by atoms with van der Waals surface area (Å²) in [5.74, 6) is -1.56. The molecule has 1 fully saturated rings. The fourth-order valence-corrected chi connectivity index (χ4v) is 1.92. The number of hydrogen-bond acceptors (Lipinski definition) is 3. The van der Waals surface area contributed by atoms with Crippen molar-refractivity contribution in [1.82, 2.24) is 5.32 Å². The van der Waals surface area contributed by atoms with Crippen LogP contribution in [0, 0.1) is 5.92 Å². The number of carbonyl (C=O) groups excluding carboxylic acids is 2. The molecule has 0 aromatic heterocycles. The van der Waals surface area contributed by atoms with Crippen LogP contribution in [0.4, 0.5) is 5.69 Å². The Balaban J connectivity index is 1.94. The maximum atomic E-state index is 11.8. The average molecular weight is 262 g/mol. The summed E-state index contributed by atoms with van der Waals surface area (Å²) in [6, 6.07) is 6.62. The summed E-state index contributed by atoms with van der Waals surface area (Å²) in [6.07, 6.45) is 0.165. The molecule has 3 N–H and O–H groups in total. The van der Waals surface area contributed by atoms with E-state index in [1.54, 1.807) is 24.3 Å². The molecule has 1 atom stereocenters. The number of carbonyl (C=O) groups is 3. The standard InChI is InChI=1S/C13H14N2O4/c16-11-6-9(7-14-11)13(19)15-10-3-1-8(2-4-10)5-12(17)18/h1-4,9H,5-7H2,(H,14,16)(H,15,19)(H,17,18). The van der Waals surface area contributed by atoms with Crippen molar-refractivity contribution in [2.45, 2.75) is 12.8 Å². The van der Waals surface area contributed by atoms with Crippen molar-refractivity contribution in [2.75, 3.05) is 11.9 Å². The number of amides is 2. The molecular weight excluding hydrogens is 248 g/mol. The van der Waals surface area contributed by atoms with Crippen LogP contribution in [0.5, 0.6) is 0 Å². The van der Waals surface area contributed by atoms with Crippen LogP contribution in [0.25, 0.3) is 0 Å². The van der Waals surface area contributed by atoms with Crippen molar-refractivity contribution in [1.29, 1.82) is 0 Å². The van der Waals surface area contributed by atoms with Gasteiger partial charge in [-0.25, -0.2) is 0 Å².